The molecule has 0 saturated carbocycles. The molecule has 0 atom stereocenters. The molecule has 0 bridgehead atoms. The summed E-state index contributed by atoms with van der Waals surface area (Å²) in [5.74, 6) is 0.346. The van der Waals surface area contributed by atoms with Gasteiger partial charge in [0.05, 0.1) is 25.2 Å². The van der Waals surface area contributed by atoms with E-state index in [4.69, 9.17) is 4.74 Å². The molecular formula is C23H29N3O5S2. The van der Waals surface area contributed by atoms with Gasteiger partial charge in [0.25, 0.3) is 5.91 Å². The van der Waals surface area contributed by atoms with Crippen molar-refractivity contribution in [1.29, 1.82) is 0 Å². The zero-order valence-electron chi connectivity index (χ0n) is 18.6. The molecule has 1 N–H and O–H groups in total. The number of rotatable bonds is 10. The second-order valence-corrected chi connectivity index (χ2v) is 10.7. The fourth-order valence-electron chi connectivity index (χ4n) is 3.31. The normalized spacial score (nSPS) is 14.0. The van der Waals surface area contributed by atoms with E-state index in [2.05, 4.69) is 5.32 Å². The first kappa shape index (κ1) is 25.1. The van der Waals surface area contributed by atoms with Crippen LogP contribution in [0.5, 0.6) is 0 Å². The summed E-state index contributed by atoms with van der Waals surface area (Å²) in [6.07, 6.45) is 1.83. The lowest BCUT2D eigenvalue weighted by molar-refractivity contribution is -0.119. The molecule has 1 aliphatic heterocycles. The SMILES string of the molecule is CS(=O)(=O)N(CC(=O)NCCCSc1ccccc1)c1ccc(C(=O)N2CCOCC2)cc1. The van der Waals surface area contributed by atoms with Crippen LogP contribution < -0.4 is 9.62 Å². The van der Waals surface area contributed by atoms with Gasteiger partial charge in [0.2, 0.25) is 15.9 Å². The second-order valence-electron chi connectivity index (χ2n) is 7.59. The third-order valence-corrected chi connectivity index (χ3v) is 7.28. The first-order valence-electron chi connectivity index (χ1n) is 10.7. The Kier molecular flexibility index (Phi) is 9.16. The summed E-state index contributed by atoms with van der Waals surface area (Å²) >= 11 is 1.71. The van der Waals surface area contributed by atoms with E-state index < -0.39 is 10.0 Å². The van der Waals surface area contributed by atoms with Crippen LogP contribution in [0.1, 0.15) is 16.8 Å². The molecule has 3 rings (SSSR count). The summed E-state index contributed by atoms with van der Waals surface area (Å²) in [6, 6.07) is 16.3. The highest BCUT2D eigenvalue weighted by Crippen LogP contribution is 2.20. The maximum atomic E-state index is 12.6. The highest BCUT2D eigenvalue weighted by atomic mass is 32.2. The van der Waals surface area contributed by atoms with Crippen LogP contribution in [0.3, 0.4) is 0 Å². The Morgan fingerprint density at radius 2 is 1.73 bits per heavy atom. The molecule has 0 unspecified atom stereocenters. The van der Waals surface area contributed by atoms with E-state index in [0.717, 1.165) is 22.7 Å². The van der Waals surface area contributed by atoms with Crippen LogP contribution in [0.2, 0.25) is 0 Å². The Labute approximate surface area is 199 Å². The van der Waals surface area contributed by atoms with Crippen molar-refractivity contribution in [2.24, 2.45) is 0 Å². The minimum absolute atomic E-state index is 0.123. The van der Waals surface area contributed by atoms with Crippen LogP contribution in [0.4, 0.5) is 5.69 Å². The smallest absolute Gasteiger partial charge is 0.254 e. The number of thioether (sulfide) groups is 1. The average Bonchev–Trinajstić information content (AvgIpc) is 2.82. The summed E-state index contributed by atoms with van der Waals surface area (Å²) in [4.78, 5) is 27.9. The Bertz CT molecular complexity index is 1020. The number of morpholine rings is 1. The molecule has 10 heteroatoms. The average molecular weight is 492 g/mol. The third-order valence-electron chi connectivity index (χ3n) is 5.04. The van der Waals surface area contributed by atoms with Crippen LogP contribution in [-0.4, -0.2) is 76.5 Å². The van der Waals surface area contributed by atoms with Gasteiger partial charge < -0.3 is 15.0 Å². The number of nitrogens with zero attached hydrogens (tertiary/aromatic N) is 2. The highest BCUT2D eigenvalue weighted by molar-refractivity contribution is 7.99. The largest absolute Gasteiger partial charge is 0.378 e. The molecule has 178 valence electrons. The van der Waals surface area contributed by atoms with Gasteiger partial charge in [-0.2, -0.15) is 0 Å². The minimum atomic E-state index is -3.68. The van der Waals surface area contributed by atoms with Crippen LogP contribution in [0, 0.1) is 0 Å². The summed E-state index contributed by atoms with van der Waals surface area (Å²) in [7, 11) is -3.68. The molecule has 1 fully saturated rings. The summed E-state index contributed by atoms with van der Waals surface area (Å²) < 4.78 is 31.0. The standard InChI is InChI=1S/C23H29N3O5S2/c1-33(29,30)26(18-22(27)24-12-5-17-32-21-6-3-2-4-7-21)20-10-8-19(9-11-20)23(28)25-13-15-31-16-14-25/h2-4,6-11H,5,12-18H2,1H3,(H,24,27). The fraction of sp³-hybridized carbons (Fsp3) is 0.391. The summed E-state index contributed by atoms with van der Waals surface area (Å²) in [5.41, 5.74) is 0.806. The molecule has 8 nitrogen and oxygen atoms in total. The Morgan fingerprint density at radius 3 is 2.36 bits per heavy atom. The molecule has 0 spiro atoms. The molecular weight excluding hydrogens is 462 g/mol. The number of hydrogen-bond acceptors (Lipinski definition) is 6. The quantitative estimate of drug-likeness (QED) is 0.405. The van der Waals surface area contributed by atoms with E-state index in [1.807, 2.05) is 30.3 Å². The van der Waals surface area contributed by atoms with Crippen molar-refractivity contribution < 1.29 is 22.7 Å². The van der Waals surface area contributed by atoms with Crippen molar-refractivity contribution in [2.75, 3.05) is 55.7 Å². The molecule has 2 aromatic carbocycles. The number of sulfonamides is 1. The summed E-state index contributed by atoms with van der Waals surface area (Å²) in [6.45, 7) is 2.21. The van der Waals surface area contributed by atoms with Gasteiger partial charge in [-0.15, -0.1) is 11.8 Å². The molecule has 1 aliphatic rings. The molecule has 1 heterocycles. The fourth-order valence-corrected chi connectivity index (χ4v) is 5.04. The number of hydrogen-bond donors (Lipinski definition) is 1. The van der Waals surface area contributed by atoms with Crippen LogP contribution >= 0.6 is 11.8 Å². The molecule has 1 saturated heterocycles. The molecule has 0 aromatic heterocycles. The first-order valence-corrected chi connectivity index (χ1v) is 13.6. The zero-order valence-corrected chi connectivity index (χ0v) is 20.2. The van der Waals surface area contributed by atoms with Crippen molar-refractivity contribution in [3.8, 4) is 0 Å². The molecule has 33 heavy (non-hydrogen) atoms. The van der Waals surface area contributed by atoms with Gasteiger partial charge in [-0.3, -0.25) is 13.9 Å². The number of carbonyl (C=O) groups is 2. The van der Waals surface area contributed by atoms with Crippen LogP contribution in [-0.2, 0) is 19.6 Å². The number of amides is 2. The number of ether oxygens (including phenoxy) is 1. The predicted octanol–water partition coefficient (Wildman–Crippen LogP) is 2.22. The van der Waals surface area contributed by atoms with Crippen molar-refractivity contribution in [2.45, 2.75) is 11.3 Å². The summed E-state index contributed by atoms with van der Waals surface area (Å²) in [5, 5.41) is 2.78. The second kappa shape index (κ2) is 12.1. The van der Waals surface area contributed by atoms with Crippen LogP contribution in [0.15, 0.2) is 59.5 Å². The van der Waals surface area contributed by atoms with Gasteiger partial charge in [0, 0.05) is 30.1 Å². The van der Waals surface area contributed by atoms with E-state index in [9.17, 15) is 18.0 Å². The van der Waals surface area contributed by atoms with E-state index in [1.165, 1.54) is 4.90 Å². The molecule has 2 aromatic rings. The van der Waals surface area contributed by atoms with Gasteiger partial charge in [0.15, 0.2) is 0 Å². The van der Waals surface area contributed by atoms with Gasteiger partial charge in [0.1, 0.15) is 6.54 Å². The maximum absolute atomic E-state index is 12.6. The molecule has 0 aliphatic carbocycles. The van der Waals surface area contributed by atoms with Gasteiger partial charge in [-0.25, -0.2) is 8.42 Å². The first-order chi connectivity index (χ1) is 15.8. The van der Waals surface area contributed by atoms with E-state index in [-0.39, 0.29) is 18.4 Å². The van der Waals surface area contributed by atoms with Crippen molar-refractivity contribution in [3.05, 3.63) is 60.2 Å². The maximum Gasteiger partial charge on any atom is 0.254 e. The Hall–Kier alpha value is -2.56. The zero-order chi connectivity index (χ0) is 23.7. The minimum Gasteiger partial charge on any atom is -0.378 e. The van der Waals surface area contributed by atoms with Crippen molar-refractivity contribution >= 4 is 39.3 Å². The third kappa shape index (κ3) is 7.76. The predicted molar refractivity (Wildman–Crippen MR) is 130 cm³/mol. The Morgan fingerprint density at radius 1 is 1.06 bits per heavy atom. The topological polar surface area (TPSA) is 96.0 Å². The monoisotopic (exact) mass is 491 g/mol. The number of carbonyl (C=O) groups excluding carboxylic acids is 2. The van der Waals surface area contributed by atoms with E-state index in [0.29, 0.717) is 44.1 Å². The lowest BCUT2D eigenvalue weighted by Gasteiger charge is -2.27. The van der Waals surface area contributed by atoms with Gasteiger partial charge in [-0.05, 0) is 48.6 Å². The lowest BCUT2D eigenvalue weighted by Crippen LogP contribution is -2.41. The van der Waals surface area contributed by atoms with E-state index >= 15 is 0 Å². The Balaban J connectivity index is 1.52. The van der Waals surface area contributed by atoms with E-state index in [1.54, 1.807) is 40.9 Å². The van der Waals surface area contributed by atoms with Gasteiger partial charge in [-0.1, -0.05) is 18.2 Å². The van der Waals surface area contributed by atoms with Crippen molar-refractivity contribution in [1.82, 2.24) is 10.2 Å². The number of benzene rings is 2. The molecule has 2 amide bonds. The number of anilines is 1. The number of nitrogens with one attached hydrogen (secondary N) is 1. The lowest BCUT2D eigenvalue weighted by atomic mass is 10.1. The highest BCUT2D eigenvalue weighted by Gasteiger charge is 2.22. The van der Waals surface area contributed by atoms with Crippen LogP contribution in [0.25, 0.3) is 0 Å². The van der Waals surface area contributed by atoms with Gasteiger partial charge >= 0.3 is 0 Å². The molecule has 0 radical (unpaired) electrons. The van der Waals surface area contributed by atoms with Crippen molar-refractivity contribution in [3.63, 3.8) is 0 Å².